The second-order valence-electron chi connectivity index (χ2n) is 0.356. The molecule has 0 atom stereocenters. The molecule has 0 N–H and O–H groups in total. The minimum atomic E-state index is 1.14. The fourth-order valence-electron chi connectivity index (χ4n) is 0. The Morgan fingerprint density at radius 2 is 2.25 bits per heavy atom. The minimum Gasteiger partial charge on any atom is -0.192 e. The summed E-state index contributed by atoms with van der Waals surface area (Å²) in [5.41, 5.74) is 0. The van der Waals surface area contributed by atoms with E-state index in [1.807, 2.05) is 6.26 Å². The van der Waals surface area contributed by atoms with Gasteiger partial charge in [0.1, 0.15) is 0 Å². The van der Waals surface area contributed by atoms with Crippen molar-refractivity contribution in [2.75, 3.05) is 6.26 Å². The molecular weight excluding hydrogens is 91.5 g/mol. The SMILES string of the molecule is C[SH]=CCl. The van der Waals surface area contributed by atoms with E-state index in [9.17, 15) is 0 Å². The van der Waals surface area contributed by atoms with Crippen LogP contribution in [0.25, 0.3) is 0 Å². The normalized spacial score (nSPS) is 11.5. The van der Waals surface area contributed by atoms with Crippen molar-refractivity contribution in [3.8, 4) is 0 Å². The molecule has 0 amide bonds. The highest BCUT2D eigenvalue weighted by Crippen LogP contribution is 1.69. The number of halogens is 1. The molecule has 0 aromatic carbocycles. The molecule has 4 heavy (non-hydrogen) atoms. The van der Waals surface area contributed by atoms with Crippen LogP contribution in [-0.2, 0) is 0 Å². The predicted octanol–water partition coefficient (Wildman–Crippen LogP) is 1.08. The molecule has 0 bridgehead atoms. The molecule has 0 aromatic heterocycles. The summed E-state index contributed by atoms with van der Waals surface area (Å²) in [7, 11) is 0. The van der Waals surface area contributed by atoms with E-state index in [-0.39, 0.29) is 0 Å². The lowest BCUT2D eigenvalue weighted by atomic mass is 11.9. The van der Waals surface area contributed by atoms with Crippen LogP contribution in [0, 0.1) is 0 Å². The summed E-state index contributed by atoms with van der Waals surface area (Å²) < 4.78 is 0. The third-order valence-electron chi connectivity index (χ3n) is 0.0976. The lowest BCUT2D eigenvalue weighted by Crippen LogP contribution is -1.28. The summed E-state index contributed by atoms with van der Waals surface area (Å²) in [6.07, 6.45) is 1.97. The highest BCUT2D eigenvalue weighted by molar-refractivity contribution is 7.98. The largest absolute Gasteiger partial charge is 0.192 e. The van der Waals surface area contributed by atoms with Gasteiger partial charge in [-0.05, 0) is 6.26 Å². The summed E-state index contributed by atoms with van der Waals surface area (Å²) >= 11 is 6.19. The lowest BCUT2D eigenvalue weighted by Gasteiger charge is -1.49. The Balaban J connectivity index is 2.55. The fraction of sp³-hybridized carbons (Fsp3) is 0.500. The minimum absolute atomic E-state index is 1.14. The van der Waals surface area contributed by atoms with Gasteiger partial charge in [-0.3, -0.25) is 0 Å². The van der Waals surface area contributed by atoms with E-state index < -0.39 is 0 Å². The molecule has 0 saturated carbocycles. The molecule has 0 aromatic rings. The van der Waals surface area contributed by atoms with Crippen molar-refractivity contribution in [1.29, 1.82) is 0 Å². The van der Waals surface area contributed by atoms with Crippen LogP contribution in [0.5, 0.6) is 0 Å². The molecule has 0 aliphatic carbocycles. The Labute approximate surface area is 34.7 Å². The van der Waals surface area contributed by atoms with E-state index >= 15 is 0 Å². The third-order valence-corrected chi connectivity index (χ3v) is 0.878. The molecule has 2 heteroatoms. The van der Waals surface area contributed by atoms with Crippen molar-refractivity contribution >= 4 is 27.8 Å². The van der Waals surface area contributed by atoms with Crippen molar-refractivity contribution in [3.05, 3.63) is 0 Å². The maximum absolute atomic E-state index is 5.05. The molecular formula is C2H5ClS. The molecule has 0 heterocycles. The topological polar surface area (TPSA) is 0 Å². The molecule has 0 saturated heterocycles. The molecule has 0 aliphatic rings. The maximum Gasteiger partial charge on any atom is 0.0247 e. The van der Waals surface area contributed by atoms with Crippen molar-refractivity contribution in [2.24, 2.45) is 0 Å². The van der Waals surface area contributed by atoms with E-state index in [4.69, 9.17) is 11.6 Å². The Morgan fingerprint density at radius 1 is 2.00 bits per heavy atom. The molecule has 0 spiro atoms. The van der Waals surface area contributed by atoms with Gasteiger partial charge >= 0.3 is 0 Å². The zero-order valence-electron chi connectivity index (χ0n) is 2.40. The highest BCUT2D eigenvalue weighted by Gasteiger charge is 1.35. The van der Waals surface area contributed by atoms with Gasteiger partial charge in [0.25, 0.3) is 0 Å². The Morgan fingerprint density at radius 3 is 2.25 bits per heavy atom. The van der Waals surface area contributed by atoms with Gasteiger partial charge < -0.3 is 0 Å². The van der Waals surface area contributed by atoms with Crippen molar-refractivity contribution in [1.82, 2.24) is 0 Å². The number of rotatable bonds is 0. The van der Waals surface area contributed by atoms with Crippen LogP contribution in [0.15, 0.2) is 0 Å². The van der Waals surface area contributed by atoms with Crippen LogP contribution in [0.3, 0.4) is 0 Å². The third kappa shape index (κ3) is 2.51. The maximum atomic E-state index is 5.05. The molecule has 0 unspecified atom stereocenters. The summed E-state index contributed by atoms with van der Waals surface area (Å²) in [5.74, 6) is 0. The first-order valence-corrected chi connectivity index (χ1v) is 2.77. The molecule has 0 fully saturated rings. The van der Waals surface area contributed by atoms with Gasteiger partial charge in [0.15, 0.2) is 0 Å². The smallest absolute Gasteiger partial charge is 0.0247 e. The second kappa shape index (κ2) is 3.51. The summed E-state index contributed by atoms with van der Waals surface area (Å²) in [6, 6.07) is 0. The average Bonchev–Trinajstić information content (AvgIpc) is 1.37. The molecule has 0 rings (SSSR count). The first kappa shape index (κ1) is 4.51. The van der Waals surface area contributed by atoms with Crippen LogP contribution >= 0.6 is 23.0 Å². The zero-order valence-corrected chi connectivity index (χ0v) is 4.05. The Kier molecular flexibility index (Phi) is 3.96. The summed E-state index contributed by atoms with van der Waals surface area (Å²) in [5, 5.41) is 0. The summed E-state index contributed by atoms with van der Waals surface area (Å²) in [6.45, 7) is 0. The molecule has 26 valence electrons. The number of hydrogen-bond acceptors (Lipinski definition) is 0. The molecule has 0 radical (unpaired) electrons. The van der Waals surface area contributed by atoms with E-state index in [0.29, 0.717) is 0 Å². The Bertz CT molecular complexity index is 21.2. The van der Waals surface area contributed by atoms with Crippen LogP contribution in [-0.4, -0.2) is 11.1 Å². The van der Waals surface area contributed by atoms with Crippen LogP contribution in [0.2, 0.25) is 0 Å². The van der Waals surface area contributed by atoms with Crippen molar-refractivity contribution < 1.29 is 0 Å². The average molecular weight is 96.6 g/mol. The fourth-order valence-corrected chi connectivity index (χ4v) is 0. The molecule has 0 nitrogen and oxygen atoms in total. The number of hydrogen-bond donors (Lipinski definition) is 1. The molecule has 0 aliphatic heterocycles. The van der Waals surface area contributed by atoms with E-state index in [0.717, 1.165) is 11.4 Å². The monoisotopic (exact) mass is 96.0 g/mol. The van der Waals surface area contributed by atoms with Gasteiger partial charge in [0.2, 0.25) is 0 Å². The quantitative estimate of drug-likeness (QED) is 0.260. The van der Waals surface area contributed by atoms with Gasteiger partial charge in [-0.1, -0.05) is 11.6 Å². The first-order valence-electron chi connectivity index (χ1n) is 0.924. The van der Waals surface area contributed by atoms with E-state index in [2.05, 4.69) is 0 Å². The van der Waals surface area contributed by atoms with E-state index in [1.165, 1.54) is 0 Å². The van der Waals surface area contributed by atoms with Gasteiger partial charge in [-0.15, -0.1) is 0 Å². The van der Waals surface area contributed by atoms with Crippen molar-refractivity contribution in [2.45, 2.75) is 0 Å². The standard InChI is InChI=1S/C2H5ClS/c1-4-2-3/h2,4H,1H3. The van der Waals surface area contributed by atoms with Crippen molar-refractivity contribution in [3.63, 3.8) is 0 Å². The van der Waals surface area contributed by atoms with Crippen LogP contribution in [0.1, 0.15) is 0 Å². The van der Waals surface area contributed by atoms with Crippen LogP contribution in [0.4, 0.5) is 0 Å². The van der Waals surface area contributed by atoms with Crippen LogP contribution < -0.4 is 0 Å². The zero-order chi connectivity index (χ0) is 3.41. The summed E-state index contributed by atoms with van der Waals surface area (Å²) in [4.78, 5) is 1.57. The second-order valence-corrected chi connectivity index (χ2v) is 1.65. The lowest BCUT2D eigenvalue weighted by molar-refractivity contribution is 2.55. The first-order chi connectivity index (χ1) is 1.91. The predicted molar refractivity (Wildman–Crippen MR) is 26.8 cm³/mol. The van der Waals surface area contributed by atoms with Gasteiger partial charge in [0, 0.05) is 4.83 Å². The van der Waals surface area contributed by atoms with E-state index in [1.54, 1.807) is 4.83 Å². The highest BCUT2D eigenvalue weighted by atomic mass is 35.5. The van der Waals surface area contributed by atoms with Gasteiger partial charge in [0.05, 0.1) is 0 Å². The Hall–Kier alpha value is 0.510. The van der Waals surface area contributed by atoms with Gasteiger partial charge in [-0.2, -0.15) is 11.4 Å². The number of thiol groups is 1. The van der Waals surface area contributed by atoms with Gasteiger partial charge in [-0.25, -0.2) is 0 Å².